The number of aromatic nitrogens is 2. The number of benzene rings is 2. The number of para-hydroxylation sites is 2. The number of hydrogen-bond acceptors (Lipinski definition) is 2. The van der Waals surface area contributed by atoms with Crippen molar-refractivity contribution in [3.05, 3.63) is 100 Å². The molecule has 130 valence electrons. The molecule has 3 nitrogen and oxygen atoms in total. The van der Waals surface area contributed by atoms with Crippen LogP contribution in [0.25, 0.3) is 11.0 Å². The summed E-state index contributed by atoms with van der Waals surface area (Å²) in [5, 5.41) is 0. The Bertz CT molecular complexity index is 1040. The van der Waals surface area contributed by atoms with Gasteiger partial charge in [0.25, 0.3) is 5.56 Å². The van der Waals surface area contributed by atoms with Gasteiger partial charge in [0.1, 0.15) is 5.69 Å². The van der Waals surface area contributed by atoms with E-state index in [0.717, 1.165) is 29.4 Å². The first-order chi connectivity index (χ1) is 12.7. The van der Waals surface area contributed by atoms with E-state index in [9.17, 15) is 4.79 Å². The molecule has 3 heteroatoms. The van der Waals surface area contributed by atoms with Crippen LogP contribution in [0.2, 0.25) is 0 Å². The Kier molecular flexibility index (Phi) is 4.53. The lowest BCUT2D eigenvalue weighted by Crippen LogP contribution is -2.28. The maximum Gasteiger partial charge on any atom is 0.273 e. The topological polar surface area (TPSA) is 34.9 Å². The minimum atomic E-state index is -0.00863. The Morgan fingerprint density at radius 2 is 1.81 bits per heavy atom. The van der Waals surface area contributed by atoms with Crippen molar-refractivity contribution in [2.45, 2.75) is 32.2 Å². The highest BCUT2D eigenvalue weighted by molar-refractivity contribution is 5.75. The van der Waals surface area contributed by atoms with Crippen LogP contribution in [0.1, 0.15) is 36.9 Å². The van der Waals surface area contributed by atoms with Gasteiger partial charge in [-0.05, 0) is 36.1 Å². The van der Waals surface area contributed by atoms with Gasteiger partial charge in [-0.1, -0.05) is 67.6 Å². The van der Waals surface area contributed by atoms with Gasteiger partial charge in [0.05, 0.1) is 17.6 Å². The molecule has 1 aromatic heterocycles. The molecule has 1 unspecified atom stereocenters. The van der Waals surface area contributed by atoms with Crippen LogP contribution in [-0.4, -0.2) is 9.55 Å². The van der Waals surface area contributed by atoms with Crippen LogP contribution < -0.4 is 5.56 Å². The summed E-state index contributed by atoms with van der Waals surface area (Å²) in [6.45, 7) is 2.63. The van der Waals surface area contributed by atoms with Crippen LogP contribution in [0.3, 0.4) is 0 Å². The van der Waals surface area contributed by atoms with Crippen LogP contribution in [0, 0.1) is 0 Å². The maximum atomic E-state index is 13.3. The predicted octanol–water partition coefficient (Wildman–Crippen LogP) is 4.82. The molecule has 1 atom stereocenters. The number of nitrogens with zero attached hydrogens (tertiary/aromatic N) is 2. The second-order valence-electron chi connectivity index (χ2n) is 6.77. The van der Waals surface area contributed by atoms with E-state index in [0.29, 0.717) is 12.2 Å². The molecule has 26 heavy (non-hydrogen) atoms. The summed E-state index contributed by atoms with van der Waals surface area (Å²) in [6.07, 6.45) is 8.63. The summed E-state index contributed by atoms with van der Waals surface area (Å²) in [6, 6.07) is 18.0. The minimum absolute atomic E-state index is 0.0000680. The summed E-state index contributed by atoms with van der Waals surface area (Å²) in [4.78, 5) is 18.1. The molecule has 0 aliphatic heterocycles. The van der Waals surface area contributed by atoms with Gasteiger partial charge in [0.15, 0.2) is 0 Å². The minimum Gasteiger partial charge on any atom is -0.301 e. The molecule has 1 heterocycles. The highest BCUT2D eigenvalue weighted by Gasteiger charge is 2.19. The number of rotatable bonds is 4. The molecule has 4 rings (SSSR count). The lowest BCUT2D eigenvalue weighted by atomic mass is 9.93. The Morgan fingerprint density at radius 1 is 1.04 bits per heavy atom. The fraction of sp³-hybridized carbons (Fsp3) is 0.217. The third-order valence-corrected chi connectivity index (χ3v) is 5.00. The zero-order valence-corrected chi connectivity index (χ0v) is 14.9. The summed E-state index contributed by atoms with van der Waals surface area (Å²) >= 11 is 0. The first-order valence-electron chi connectivity index (χ1n) is 9.14. The number of allylic oxidation sites excluding steroid dienone is 4. The Hall–Kier alpha value is -2.94. The zero-order chi connectivity index (χ0) is 17.9. The molecule has 3 aromatic rings. The van der Waals surface area contributed by atoms with Crippen molar-refractivity contribution < 1.29 is 0 Å². The van der Waals surface area contributed by atoms with Crippen LogP contribution in [0.5, 0.6) is 0 Å². The molecule has 1 aliphatic carbocycles. The Balaban J connectivity index is 1.87. The molecular formula is C23H22N2O. The Labute approximate surface area is 153 Å². The average Bonchev–Trinajstić information content (AvgIpc) is 2.71. The summed E-state index contributed by atoms with van der Waals surface area (Å²) in [5.74, 6) is -0.00863. The molecule has 0 radical (unpaired) electrons. The van der Waals surface area contributed by atoms with Gasteiger partial charge in [0.2, 0.25) is 0 Å². The van der Waals surface area contributed by atoms with Crippen molar-refractivity contribution in [3.8, 4) is 0 Å². The lowest BCUT2D eigenvalue weighted by Gasteiger charge is -2.18. The van der Waals surface area contributed by atoms with Crippen molar-refractivity contribution in [3.63, 3.8) is 0 Å². The first kappa shape index (κ1) is 16.5. The molecule has 0 N–H and O–H groups in total. The third kappa shape index (κ3) is 3.13. The van der Waals surface area contributed by atoms with Crippen LogP contribution in [0.15, 0.2) is 83.2 Å². The fourth-order valence-corrected chi connectivity index (χ4v) is 3.53. The van der Waals surface area contributed by atoms with E-state index >= 15 is 0 Å². The molecule has 0 spiro atoms. The maximum absolute atomic E-state index is 13.3. The van der Waals surface area contributed by atoms with Gasteiger partial charge in [-0.2, -0.15) is 0 Å². The van der Waals surface area contributed by atoms with Gasteiger partial charge in [0, 0.05) is 5.92 Å². The smallest absolute Gasteiger partial charge is 0.273 e. The zero-order valence-electron chi connectivity index (χ0n) is 14.9. The van der Waals surface area contributed by atoms with Gasteiger partial charge in [-0.15, -0.1) is 0 Å². The van der Waals surface area contributed by atoms with Crippen LogP contribution >= 0.6 is 0 Å². The molecule has 1 aliphatic rings. The van der Waals surface area contributed by atoms with Crippen molar-refractivity contribution >= 4 is 11.0 Å². The molecule has 0 saturated heterocycles. The van der Waals surface area contributed by atoms with Gasteiger partial charge in [-0.3, -0.25) is 4.79 Å². The highest BCUT2D eigenvalue weighted by atomic mass is 16.1. The van der Waals surface area contributed by atoms with E-state index in [1.165, 1.54) is 5.57 Å². The summed E-state index contributed by atoms with van der Waals surface area (Å²) in [7, 11) is 0. The standard InChI is InChI=1S/C23H22N2O/c1-17(19-12-6-3-7-13-19)22-23(26)25(16-18-10-4-2-5-11-18)21-15-9-8-14-20(21)24-22/h2,4-6,8-15,17H,3,7,16H2,1H3. The number of fused-ring (bicyclic) bond motifs is 1. The predicted molar refractivity (Wildman–Crippen MR) is 106 cm³/mol. The largest absolute Gasteiger partial charge is 0.301 e. The van der Waals surface area contributed by atoms with E-state index in [4.69, 9.17) is 4.98 Å². The molecule has 0 amide bonds. The van der Waals surface area contributed by atoms with Gasteiger partial charge in [-0.25, -0.2) is 4.98 Å². The average molecular weight is 342 g/mol. The fourth-order valence-electron chi connectivity index (χ4n) is 3.53. The molecule has 2 aromatic carbocycles. The summed E-state index contributed by atoms with van der Waals surface area (Å²) in [5.41, 5.74) is 4.66. The van der Waals surface area contributed by atoms with Crippen molar-refractivity contribution in [1.82, 2.24) is 9.55 Å². The summed E-state index contributed by atoms with van der Waals surface area (Å²) < 4.78 is 1.86. The van der Waals surface area contributed by atoms with Crippen molar-refractivity contribution in [1.29, 1.82) is 0 Å². The second-order valence-corrected chi connectivity index (χ2v) is 6.77. The normalized spacial score (nSPS) is 15.0. The van der Waals surface area contributed by atoms with Crippen LogP contribution in [-0.2, 0) is 6.54 Å². The molecule has 0 fully saturated rings. The second kappa shape index (κ2) is 7.12. The quantitative estimate of drug-likeness (QED) is 0.681. The van der Waals surface area contributed by atoms with Crippen molar-refractivity contribution in [2.75, 3.05) is 0 Å². The van der Waals surface area contributed by atoms with E-state index in [1.807, 2.05) is 47.0 Å². The van der Waals surface area contributed by atoms with Crippen molar-refractivity contribution in [2.24, 2.45) is 0 Å². The lowest BCUT2D eigenvalue weighted by molar-refractivity contribution is 0.738. The van der Waals surface area contributed by atoms with E-state index in [2.05, 4.69) is 37.3 Å². The molecule has 0 bridgehead atoms. The first-order valence-corrected chi connectivity index (χ1v) is 9.14. The SMILES string of the molecule is CC(C1=CCCC=C1)c1nc2ccccc2n(Cc2ccccc2)c1=O. The van der Waals surface area contributed by atoms with Gasteiger partial charge < -0.3 is 4.57 Å². The molecule has 0 saturated carbocycles. The Morgan fingerprint density at radius 3 is 2.58 bits per heavy atom. The highest BCUT2D eigenvalue weighted by Crippen LogP contribution is 2.26. The van der Waals surface area contributed by atoms with Crippen LogP contribution in [0.4, 0.5) is 0 Å². The number of hydrogen-bond donors (Lipinski definition) is 0. The van der Waals surface area contributed by atoms with Gasteiger partial charge >= 0.3 is 0 Å². The van der Waals surface area contributed by atoms with E-state index in [-0.39, 0.29) is 11.5 Å². The monoisotopic (exact) mass is 342 g/mol. The molecular weight excluding hydrogens is 320 g/mol. The van der Waals surface area contributed by atoms with E-state index < -0.39 is 0 Å². The third-order valence-electron chi connectivity index (χ3n) is 5.00. The van der Waals surface area contributed by atoms with E-state index in [1.54, 1.807) is 0 Å².